The Bertz CT molecular complexity index is 1210. The number of nitrogens with zero attached hydrogens (tertiary/aromatic N) is 2. The molecule has 0 bridgehead atoms. The number of ketones is 1. The van der Waals surface area contributed by atoms with Crippen molar-refractivity contribution >= 4 is 35.4 Å². The molecule has 3 rings (SSSR count). The van der Waals surface area contributed by atoms with E-state index in [-0.39, 0.29) is 42.2 Å². The molecule has 0 radical (unpaired) electrons. The topological polar surface area (TPSA) is 157 Å². The number of urea groups is 1. The maximum Gasteiger partial charge on any atom is 0.315 e. The molecule has 3 fully saturated rings. The molecule has 12 heteroatoms. The summed E-state index contributed by atoms with van der Waals surface area (Å²) < 4.78 is 0. The molecule has 0 aromatic rings. The zero-order valence-corrected chi connectivity index (χ0v) is 31.5. The van der Waals surface area contributed by atoms with Crippen LogP contribution in [0.25, 0.3) is 0 Å². The first-order chi connectivity index (χ1) is 23.7. The van der Waals surface area contributed by atoms with Crippen LogP contribution in [0.2, 0.25) is 0 Å². The predicted octanol–water partition coefficient (Wildman–Crippen LogP) is 4.08. The minimum absolute atomic E-state index is 0.0577. The maximum atomic E-state index is 14.5. The van der Waals surface area contributed by atoms with Crippen molar-refractivity contribution in [3.63, 3.8) is 0 Å². The van der Waals surface area contributed by atoms with E-state index < -0.39 is 47.2 Å². The molecular weight excluding hydrogens is 636 g/mol. The van der Waals surface area contributed by atoms with Gasteiger partial charge in [0.15, 0.2) is 0 Å². The van der Waals surface area contributed by atoms with E-state index in [1.54, 1.807) is 4.90 Å². The Morgan fingerprint density at radius 3 is 2.24 bits per heavy atom. The van der Waals surface area contributed by atoms with Crippen LogP contribution in [0.1, 0.15) is 119 Å². The second-order valence-corrected chi connectivity index (χ2v) is 16.0. The molecule has 282 valence electrons. The average Bonchev–Trinajstić information content (AvgIpc) is 3.54. The summed E-state index contributed by atoms with van der Waals surface area (Å²) in [6, 6.07) is -3.54. The van der Waals surface area contributed by atoms with Crippen LogP contribution in [0.15, 0.2) is 12.7 Å². The highest BCUT2D eigenvalue weighted by Gasteiger charge is 2.48. The number of likely N-dealkylation sites (tertiary alicyclic amines) is 2. The van der Waals surface area contributed by atoms with Gasteiger partial charge in [0.2, 0.25) is 23.5 Å². The van der Waals surface area contributed by atoms with Crippen LogP contribution in [0, 0.1) is 23.2 Å². The molecule has 0 aromatic heterocycles. The van der Waals surface area contributed by atoms with Crippen LogP contribution in [0.3, 0.4) is 0 Å². The van der Waals surface area contributed by atoms with E-state index in [4.69, 9.17) is 0 Å². The van der Waals surface area contributed by atoms with Gasteiger partial charge >= 0.3 is 6.03 Å². The first-order valence-corrected chi connectivity index (χ1v) is 19.1. The molecule has 1 aliphatic carbocycles. The van der Waals surface area contributed by atoms with Gasteiger partial charge in [0, 0.05) is 32.6 Å². The van der Waals surface area contributed by atoms with Crippen molar-refractivity contribution in [3.05, 3.63) is 12.7 Å². The van der Waals surface area contributed by atoms with Gasteiger partial charge in [-0.15, -0.1) is 6.58 Å². The van der Waals surface area contributed by atoms with Crippen molar-refractivity contribution in [1.29, 1.82) is 0 Å². The summed E-state index contributed by atoms with van der Waals surface area (Å²) in [6.45, 7) is 16.8. The standard InChI is InChI=1S/C38H64N6O6/c1-8-10-18-28(32(46)35(48)39-21-9-2)40-34(47)31-27(25(3)4)20-23-44(31)36(49)33(38(5,6)7)42-37(50)41-29(26-16-12-11-13-17-26)24-43-22-15-14-19-30(43)45/h9,25-29,31,33H,2,8,10-24H2,1,3-7H3,(H,39,48)(H,40,47)(H2,41,42,50)/t27-,28?,29-,31+,33-/m1/s1. The van der Waals surface area contributed by atoms with Crippen LogP contribution in [0.4, 0.5) is 4.79 Å². The molecule has 1 saturated carbocycles. The van der Waals surface area contributed by atoms with E-state index in [1.807, 2.05) is 46.4 Å². The molecule has 3 aliphatic rings. The molecule has 6 amide bonds. The highest BCUT2D eigenvalue weighted by atomic mass is 16.2. The molecular formula is C38H64N6O6. The normalized spacial score (nSPS) is 22.0. The lowest BCUT2D eigenvalue weighted by molar-refractivity contribution is -0.144. The number of unbranched alkanes of at least 4 members (excludes halogenated alkanes) is 1. The third-order valence-corrected chi connectivity index (χ3v) is 10.7. The smallest absolute Gasteiger partial charge is 0.315 e. The second kappa shape index (κ2) is 19.2. The van der Waals surface area contributed by atoms with Gasteiger partial charge in [-0.1, -0.05) is 79.7 Å². The van der Waals surface area contributed by atoms with Gasteiger partial charge in [0.05, 0.1) is 12.1 Å². The van der Waals surface area contributed by atoms with Gasteiger partial charge in [-0.3, -0.25) is 24.0 Å². The van der Waals surface area contributed by atoms with E-state index >= 15 is 0 Å². The Labute approximate surface area is 299 Å². The molecule has 2 saturated heterocycles. The van der Waals surface area contributed by atoms with Crippen molar-refractivity contribution in [3.8, 4) is 0 Å². The number of rotatable bonds is 16. The molecule has 5 atom stereocenters. The summed E-state index contributed by atoms with van der Waals surface area (Å²) in [7, 11) is 0. The number of amides is 6. The SMILES string of the molecule is C=CCNC(=O)C(=O)C(CCCC)NC(=O)[C@@H]1[C@@H](C(C)C)CCN1C(=O)[C@@H](NC(=O)N[C@H](CN1CCCCC1=O)C1CCCCC1)C(C)(C)C. The molecule has 50 heavy (non-hydrogen) atoms. The van der Waals surface area contributed by atoms with E-state index in [2.05, 4.69) is 27.8 Å². The van der Waals surface area contributed by atoms with Crippen molar-refractivity contribution in [2.75, 3.05) is 26.2 Å². The molecule has 0 spiro atoms. The number of carbonyl (C=O) groups is 6. The molecule has 12 nitrogen and oxygen atoms in total. The fourth-order valence-electron chi connectivity index (χ4n) is 7.74. The minimum Gasteiger partial charge on any atom is -0.346 e. The fraction of sp³-hybridized carbons (Fsp3) is 0.789. The highest BCUT2D eigenvalue weighted by molar-refractivity contribution is 6.38. The Morgan fingerprint density at radius 2 is 1.64 bits per heavy atom. The molecule has 1 unspecified atom stereocenters. The van der Waals surface area contributed by atoms with Gasteiger partial charge in [0.25, 0.3) is 5.91 Å². The first-order valence-electron chi connectivity index (χ1n) is 19.1. The Balaban J connectivity index is 1.82. The lowest BCUT2D eigenvalue weighted by Gasteiger charge is -2.39. The highest BCUT2D eigenvalue weighted by Crippen LogP contribution is 2.34. The van der Waals surface area contributed by atoms with Crippen LogP contribution in [-0.2, 0) is 24.0 Å². The largest absolute Gasteiger partial charge is 0.346 e. The number of hydrogen-bond donors (Lipinski definition) is 4. The Hall–Kier alpha value is -3.44. The maximum absolute atomic E-state index is 14.5. The van der Waals surface area contributed by atoms with Crippen LogP contribution >= 0.6 is 0 Å². The predicted molar refractivity (Wildman–Crippen MR) is 194 cm³/mol. The number of hydrogen-bond acceptors (Lipinski definition) is 6. The van der Waals surface area contributed by atoms with Gasteiger partial charge in [-0.05, 0) is 61.7 Å². The number of Topliss-reactive ketones (excluding diaryl/α,β-unsaturated/α-hetero) is 1. The van der Waals surface area contributed by atoms with Crippen LogP contribution < -0.4 is 21.3 Å². The number of nitrogens with one attached hydrogen (secondary N) is 4. The average molecular weight is 701 g/mol. The minimum atomic E-state index is -1.02. The van der Waals surface area contributed by atoms with Crippen molar-refractivity contribution in [1.82, 2.24) is 31.1 Å². The monoisotopic (exact) mass is 700 g/mol. The molecule has 4 N–H and O–H groups in total. The first kappa shape index (κ1) is 41.0. The van der Waals surface area contributed by atoms with Gasteiger partial charge in [-0.2, -0.15) is 0 Å². The molecule has 2 heterocycles. The summed E-state index contributed by atoms with van der Waals surface area (Å²) >= 11 is 0. The zero-order valence-electron chi connectivity index (χ0n) is 31.5. The summed E-state index contributed by atoms with van der Waals surface area (Å²) in [6.07, 6.45) is 11.4. The van der Waals surface area contributed by atoms with Crippen LogP contribution in [0.5, 0.6) is 0 Å². The van der Waals surface area contributed by atoms with Crippen molar-refractivity contribution < 1.29 is 28.8 Å². The third-order valence-electron chi connectivity index (χ3n) is 10.7. The zero-order chi connectivity index (χ0) is 37.0. The van der Waals surface area contributed by atoms with Crippen molar-refractivity contribution in [2.24, 2.45) is 23.2 Å². The van der Waals surface area contributed by atoms with Gasteiger partial charge in [-0.25, -0.2) is 4.79 Å². The quantitative estimate of drug-likeness (QED) is 0.140. The summed E-state index contributed by atoms with van der Waals surface area (Å²) in [5.41, 5.74) is -0.697. The summed E-state index contributed by atoms with van der Waals surface area (Å²) in [4.78, 5) is 84.2. The number of carbonyl (C=O) groups excluding carboxylic acids is 6. The summed E-state index contributed by atoms with van der Waals surface area (Å²) in [5.74, 6) is -2.10. The van der Waals surface area contributed by atoms with Crippen LogP contribution in [-0.4, -0.2) is 95.6 Å². The Morgan fingerprint density at radius 1 is 0.940 bits per heavy atom. The van der Waals surface area contributed by atoms with Gasteiger partial charge < -0.3 is 31.1 Å². The number of piperidine rings is 1. The van der Waals surface area contributed by atoms with E-state index in [0.29, 0.717) is 45.3 Å². The lowest BCUT2D eigenvalue weighted by atomic mass is 9.83. The van der Waals surface area contributed by atoms with Gasteiger partial charge in [0.1, 0.15) is 12.1 Å². The third kappa shape index (κ3) is 11.3. The van der Waals surface area contributed by atoms with E-state index in [1.165, 1.54) is 6.08 Å². The van der Waals surface area contributed by atoms with E-state index in [9.17, 15) is 28.8 Å². The molecule has 0 aromatic carbocycles. The molecule has 2 aliphatic heterocycles. The second-order valence-electron chi connectivity index (χ2n) is 16.0. The fourth-order valence-corrected chi connectivity index (χ4v) is 7.74. The Kier molecular flexibility index (Phi) is 15.8. The summed E-state index contributed by atoms with van der Waals surface area (Å²) in [5, 5.41) is 11.5. The lowest BCUT2D eigenvalue weighted by Crippen LogP contribution is -2.62. The van der Waals surface area contributed by atoms with Crippen molar-refractivity contribution in [2.45, 2.75) is 143 Å². The van der Waals surface area contributed by atoms with E-state index in [0.717, 1.165) is 51.4 Å².